The number of rotatable bonds is 4. The highest BCUT2D eigenvalue weighted by molar-refractivity contribution is 7.16. The van der Waals surface area contributed by atoms with E-state index in [9.17, 15) is 0 Å². The smallest absolute Gasteiger partial charge is 0.202 e. The van der Waals surface area contributed by atoms with E-state index in [0.717, 1.165) is 58.5 Å². The van der Waals surface area contributed by atoms with Gasteiger partial charge in [-0.2, -0.15) is 5.10 Å². The molecule has 4 aromatic carbocycles. The molecule has 0 fully saturated rings. The molecule has 49 heavy (non-hydrogen) atoms. The van der Waals surface area contributed by atoms with Gasteiger partial charge < -0.3 is 9.64 Å². The molecule has 240 valence electrons. The highest BCUT2D eigenvalue weighted by atomic mass is 28.3. The maximum Gasteiger partial charge on any atom is 0.202 e. The van der Waals surface area contributed by atoms with Crippen LogP contribution in [-0.4, -0.2) is 22.8 Å². The molecule has 1 unspecified atom stereocenters. The molecule has 4 heterocycles. The lowest BCUT2D eigenvalue weighted by Gasteiger charge is -2.49. The van der Waals surface area contributed by atoms with Gasteiger partial charge in [-0.05, 0) is 114 Å². The lowest BCUT2D eigenvalue weighted by atomic mass is 9.75. The molecule has 6 heteroatoms. The van der Waals surface area contributed by atoms with Crippen LogP contribution in [0.1, 0.15) is 43.6 Å². The summed E-state index contributed by atoms with van der Waals surface area (Å²) in [5.74, 6) is 1.65. The average Bonchev–Trinajstić information content (AvgIpc) is 3.48. The van der Waals surface area contributed by atoms with Crippen LogP contribution in [0.4, 0.5) is 17.1 Å². The zero-order chi connectivity index (χ0) is 33.3. The van der Waals surface area contributed by atoms with Crippen LogP contribution in [-0.2, 0) is 5.41 Å². The van der Waals surface area contributed by atoms with Crippen LogP contribution in [0.15, 0.2) is 144 Å². The van der Waals surface area contributed by atoms with Crippen LogP contribution in [0.3, 0.4) is 0 Å². The number of fused-ring (bicyclic) bond motifs is 4. The average molecular weight is 655 g/mol. The Morgan fingerprint density at radius 1 is 0.714 bits per heavy atom. The predicted molar refractivity (Wildman–Crippen MR) is 202 cm³/mol. The molecule has 0 saturated carbocycles. The molecule has 0 N–H and O–H groups in total. The van der Waals surface area contributed by atoms with Crippen molar-refractivity contribution in [2.24, 2.45) is 0 Å². The second kappa shape index (κ2) is 11.0. The van der Waals surface area contributed by atoms with Crippen molar-refractivity contribution in [2.45, 2.75) is 46.0 Å². The lowest BCUT2D eigenvalue weighted by molar-refractivity contribution is 0.477. The Hall–Kier alpha value is -5.46. The first kappa shape index (κ1) is 29.7. The second-order valence-electron chi connectivity index (χ2n) is 13.9. The van der Waals surface area contributed by atoms with Gasteiger partial charge in [-0.3, -0.25) is 4.98 Å². The molecule has 2 aliphatic heterocycles. The van der Waals surface area contributed by atoms with Crippen molar-refractivity contribution in [1.29, 1.82) is 0 Å². The van der Waals surface area contributed by atoms with Crippen molar-refractivity contribution in [3.05, 3.63) is 161 Å². The third-order valence-electron chi connectivity index (χ3n) is 10.6. The number of para-hydroxylation sites is 2. The van der Waals surface area contributed by atoms with Crippen molar-refractivity contribution in [1.82, 2.24) is 14.8 Å². The summed E-state index contributed by atoms with van der Waals surface area (Å²) in [5.41, 5.74) is 8.92. The molecule has 0 radical (unpaired) electrons. The highest BCUT2D eigenvalue weighted by Gasteiger charge is 2.54. The summed E-state index contributed by atoms with van der Waals surface area (Å²) in [6, 6.07) is 41.7. The molecule has 6 aromatic rings. The number of benzene rings is 4. The van der Waals surface area contributed by atoms with E-state index in [1.165, 1.54) is 32.0 Å². The van der Waals surface area contributed by atoms with Crippen LogP contribution in [0, 0.1) is 13.8 Å². The molecule has 9 rings (SSSR count). The van der Waals surface area contributed by atoms with Crippen LogP contribution in [0.2, 0.25) is 0 Å². The van der Waals surface area contributed by atoms with Crippen LogP contribution in [0.25, 0.3) is 5.69 Å². The maximum atomic E-state index is 6.54. The molecule has 0 saturated heterocycles. The molecule has 0 spiro atoms. The number of hydrogen-bond acceptors (Lipinski definition) is 4. The molecule has 1 atom stereocenters. The minimum Gasteiger partial charge on any atom is -0.453 e. The fourth-order valence-electron chi connectivity index (χ4n) is 8.51. The van der Waals surface area contributed by atoms with E-state index in [4.69, 9.17) is 14.8 Å². The number of ether oxygens (including phenoxy) is 1. The first-order valence-electron chi connectivity index (χ1n) is 17.2. The first-order chi connectivity index (χ1) is 23.9. The number of nitrogens with zero attached hydrogens (tertiary/aromatic N) is 4. The van der Waals surface area contributed by atoms with E-state index < -0.39 is 8.07 Å². The molecular weight excluding hydrogens is 617 g/mol. The van der Waals surface area contributed by atoms with Gasteiger partial charge in [0.1, 0.15) is 0 Å². The maximum absolute atomic E-state index is 6.54. The van der Waals surface area contributed by atoms with E-state index >= 15 is 0 Å². The molecule has 3 aliphatic rings. The van der Waals surface area contributed by atoms with Crippen molar-refractivity contribution < 1.29 is 4.74 Å². The number of aromatic nitrogens is 3. The Morgan fingerprint density at radius 2 is 1.51 bits per heavy atom. The van der Waals surface area contributed by atoms with Gasteiger partial charge in [-0.15, -0.1) is 0 Å². The standard InChI is InChI=1S/C43H38N4OSi/c1-29-26-30(2)47(45-29)32-23-24-39-37(28-32)46(36-18-7-8-19-38(36)48-39)31-14-13-15-33(27-31)49(42-22-11-12-25-44-42)40-20-9-5-16-34(40)43(3,4)35-17-6-10-21-41(35)49/h5,7-9,11-28H,6,10H2,1-4H3. The van der Waals surface area contributed by atoms with Gasteiger partial charge >= 0.3 is 0 Å². The third kappa shape index (κ3) is 4.37. The monoisotopic (exact) mass is 654 g/mol. The number of hydrogen-bond donors (Lipinski definition) is 0. The topological polar surface area (TPSA) is 43.2 Å². The van der Waals surface area contributed by atoms with Gasteiger partial charge in [0, 0.05) is 28.3 Å². The summed E-state index contributed by atoms with van der Waals surface area (Å²) in [4.78, 5) is 7.57. The van der Waals surface area contributed by atoms with E-state index in [0.29, 0.717) is 0 Å². The number of aryl methyl sites for hydroxylation is 2. The summed E-state index contributed by atoms with van der Waals surface area (Å²) in [7, 11) is -2.84. The lowest BCUT2D eigenvalue weighted by Crippen LogP contribution is -2.73. The summed E-state index contributed by atoms with van der Waals surface area (Å²) in [5, 5.41) is 10.2. The predicted octanol–water partition coefficient (Wildman–Crippen LogP) is 8.41. The quantitative estimate of drug-likeness (QED) is 0.179. The van der Waals surface area contributed by atoms with Crippen LogP contribution < -0.4 is 25.3 Å². The van der Waals surface area contributed by atoms with Crippen LogP contribution in [0.5, 0.6) is 11.5 Å². The van der Waals surface area contributed by atoms with Gasteiger partial charge in [-0.25, -0.2) is 4.68 Å². The summed E-state index contributed by atoms with van der Waals surface area (Å²) >= 11 is 0. The van der Waals surface area contributed by atoms with Crippen molar-refractivity contribution >= 4 is 40.8 Å². The van der Waals surface area contributed by atoms with Crippen molar-refractivity contribution in [3.8, 4) is 17.2 Å². The fourth-order valence-corrected chi connectivity index (χ4v) is 14.0. The Bertz CT molecular complexity index is 2340. The molecule has 0 amide bonds. The van der Waals surface area contributed by atoms with Crippen LogP contribution >= 0.6 is 0 Å². The molecule has 5 nitrogen and oxygen atoms in total. The molecular formula is C43H38N4OSi. The Kier molecular flexibility index (Phi) is 6.68. The molecule has 0 bridgehead atoms. The summed E-state index contributed by atoms with van der Waals surface area (Å²) < 4.78 is 8.55. The SMILES string of the molecule is Cc1cc(C)n(-c2ccc3c(c2)N(c2cccc([Si]4(c5ccccn5)C5=CCCC=C5C(C)(C)c5ccccc54)c2)c2ccccc2O3)n1. The van der Waals surface area contributed by atoms with Gasteiger partial charge in [0.05, 0.1) is 22.8 Å². The van der Waals surface area contributed by atoms with Gasteiger partial charge in [-0.1, -0.05) is 80.6 Å². The Morgan fingerprint density at radius 3 is 2.35 bits per heavy atom. The molecule has 2 aromatic heterocycles. The van der Waals surface area contributed by atoms with Gasteiger partial charge in [0.25, 0.3) is 0 Å². The highest BCUT2D eigenvalue weighted by Crippen LogP contribution is 2.51. The second-order valence-corrected chi connectivity index (χ2v) is 17.6. The van der Waals surface area contributed by atoms with E-state index in [1.54, 1.807) is 0 Å². The number of pyridine rings is 1. The molecule has 1 aliphatic carbocycles. The van der Waals surface area contributed by atoms with E-state index in [1.807, 2.05) is 29.9 Å². The van der Waals surface area contributed by atoms with Crippen molar-refractivity contribution in [3.63, 3.8) is 0 Å². The Balaban J connectivity index is 1.32. The zero-order valence-corrected chi connectivity index (χ0v) is 29.3. The minimum absolute atomic E-state index is 0.104. The fraction of sp³-hybridized carbons (Fsp3) is 0.163. The van der Waals surface area contributed by atoms with E-state index in [2.05, 4.69) is 141 Å². The number of allylic oxidation sites excluding steroid dienone is 4. The largest absolute Gasteiger partial charge is 0.453 e. The van der Waals surface area contributed by atoms with Gasteiger partial charge in [0.2, 0.25) is 8.07 Å². The summed E-state index contributed by atoms with van der Waals surface area (Å²) in [6.07, 6.45) is 9.13. The minimum atomic E-state index is -2.84. The summed E-state index contributed by atoms with van der Waals surface area (Å²) in [6.45, 7) is 8.92. The van der Waals surface area contributed by atoms with Crippen molar-refractivity contribution in [2.75, 3.05) is 4.90 Å². The first-order valence-corrected chi connectivity index (χ1v) is 19.2. The Labute approximate surface area is 288 Å². The third-order valence-corrected chi connectivity index (χ3v) is 15.4. The number of anilines is 3. The normalized spacial score (nSPS) is 18.7. The van der Waals surface area contributed by atoms with Gasteiger partial charge in [0.15, 0.2) is 11.5 Å². The van der Waals surface area contributed by atoms with E-state index in [-0.39, 0.29) is 5.41 Å². The zero-order valence-electron chi connectivity index (χ0n) is 28.3.